The van der Waals surface area contributed by atoms with E-state index in [1.54, 1.807) is 12.1 Å². The molecule has 0 aliphatic carbocycles. The van der Waals surface area contributed by atoms with Crippen molar-refractivity contribution in [1.82, 2.24) is 4.98 Å². The van der Waals surface area contributed by atoms with Crippen LogP contribution in [0.4, 0.5) is 0 Å². The van der Waals surface area contributed by atoms with Gasteiger partial charge in [-0.3, -0.25) is 4.98 Å². The summed E-state index contributed by atoms with van der Waals surface area (Å²) in [5, 5.41) is 9.50. The summed E-state index contributed by atoms with van der Waals surface area (Å²) in [5.41, 5.74) is 2.32. The number of carbonyl (C=O) groups is 2. The van der Waals surface area contributed by atoms with Crippen molar-refractivity contribution in [3.63, 3.8) is 0 Å². The third-order valence-corrected chi connectivity index (χ3v) is 4.61. The highest BCUT2D eigenvalue weighted by atomic mass is 16.5. The highest BCUT2D eigenvalue weighted by Gasteiger charge is 2.27. The van der Waals surface area contributed by atoms with Gasteiger partial charge in [0.05, 0.1) is 5.56 Å². The summed E-state index contributed by atoms with van der Waals surface area (Å²) in [4.78, 5) is 28.0. The minimum Gasteiger partial charge on any atom is -0.478 e. The van der Waals surface area contributed by atoms with Gasteiger partial charge in [-0.2, -0.15) is 0 Å². The van der Waals surface area contributed by atoms with Gasteiger partial charge < -0.3 is 9.84 Å². The predicted molar refractivity (Wildman–Crippen MR) is 110 cm³/mol. The fraction of sp³-hybridized carbons (Fsp3) is 0.125. The van der Waals surface area contributed by atoms with Crippen molar-refractivity contribution in [2.24, 2.45) is 0 Å². The first-order valence-electron chi connectivity index (χ1n) is 9.22. The third kappa shape index (κ3) is 5.17. The molecule has 0 saturated heterocycles. The van der Waals surface area contributed by atoms with Crippen LogP contribution in [0.3, 0.4) is 0 Å². The van der Waals surface area contributed by atoms with Crippen molar-refractivity contribution in [3.05, 3.63) is 107 Å². The molecule has 2 atom stereocenters. The number of benzene rings is 2. The summed E-state index contributed by atoms with van der Waals surface area (Å²) < 4.78 is 5.77. The van der Waals surface area contributed by atoms with Gasteiger partial charge >= 0.3 is 11.9 Å². The Morgan fingerprint density at radius 3 is 2.31 bits per heavy atom. The Kier molecular flexibility index (Phi) is 6.53. The normalized spacial score (nSPS) is 13.0. The SMILES string of the molecule is CC(c1ccncc1C(=O)O)C(OC(=O)C=Cc1ccccc1)c1ccccc1. The number of ether oxygens (including phenoxy) is 1. The standard InChI is InChI=1S/C24H21NO4/c1-17(20-14-15-25-16-21(20)24(27)28)23(19-10-6-3-7-11-19)29-22(26)13-12-18-8-4-2-5-9-18/h2-17,23H,1H3,(H,27,28). The summed E-state index contributed by atoms with van der Waals surface area (Å²) in [6.45, 7) is 1.84. The Balaban J connectivity index is 1.89. The quantitative estimate of drug-likeness (QED) is 0.462. The van der Waals surface area contributed by atoms with Crippen molar-refractivity contribution in [2.75, 3.05) is 0 Å². The highest BCUT2D eigenvalue weighted by Crippen LogP contribution is 2.35. The van der Waals surface area contributed by atoms with E-state index in [-0.39, 0.29) is 11.5 Å². The molecule has 0 aliphatic heterocycles. The number of carbonyl (C=O) groups excluding carboxylic acids is 1. The van der Waals surface area contributed by atoms with Crippen LogP contribution in [0.15, 0.2) is 85.2 Å². The molecule has 29 heavy (non-hydrogen) atoms. The molecule has 5 heteroatoms. The number of hydrogen-bond donors (Lipinski definition) is 1. The molecule has 5 nitrogen and oxygen atoms in total. The van der Waals surface area contributed by atoms with Crippen LogP contribution in [0.25, 0.3) is 6.08 Å². The van der Waals surface area contributed by atoms with Crippen LogP contribution in [0.1, 0.15) is 46.0 Å². The minimum absolute atomic E-state index is 0.0943. The van der Waals surface area contributed by atoms with Crippen molar-refractivity contribution in [3.8, 4) is 0 Å². The van der Waals surface area contributed by atoms with Crippen LogP contribution in [-0.2, 0) is 9.53 Å². The Morgan fingerprint density at radius 1 is 1.00 bits per heavy atom. The van der Waals surface area contributed by atoms with E-state index >= 15 is 0 Å². The minimum atomic E-state index is -1.07. The van der Waals surface area contributed by atoms with E-state index in [2.05, 4.69) is 4.98 Å². The number of carboxylic acid groups (broad SMARTS) is 1. The lowest BCUT2D eigenvalue weighted by Gasteiger charge is -2.25. The summed E-state index contributed by atoms with van der Waals surface area (Å²) in [6, 6.07) is 20.4. The molecule has 1 aromatic heterocycles. The third-order valence-electron chi connectivity index (χ3n) is 4.61. The summed E-state index contributed by atoms with van der Waals surface area (Å²) in [6.07, 6.45) is 5.27. The van der Waals surface area contributed by atoms with Crippen molar-refractivity contribution < 1.29 is 19.4 Å². The lowest BCUT2D eigenvalue weighted by Crippen LogP contribution is -2.18. The van der Waals surface area contributed by atoms with E-state index in [9.17, 15) is 14.7 Å². The van der Waals surface area contributed by atoms with Crippen molar-refractivity contribution in [2.45, 2.75) is 18.9 Å². The monoisotopic (exact) mass is 387 g/mol. The molecule has 0 saturated carbocycles. The van der Waals surface area contributed by atoms with Gasteiger partial charge in [0.2, 0.25) is 0 Å². The molecule has 0 bridgehead atoms. The zero-order valence-electron chi connectivity index (χ0n) is 15.9. The molecule has 146 valence electrons. The summed E-state index contributed by atoms with van der Waals surface area (Å²) in [5.74, 6) is -1.96. The number of hydrogen-bond acceptors (Lipinski definition) is 4. The average Bonchev–Trinajstić information content (AvgIpc) is 2.77. The molecule has 0 radical (unpaired) electrons. The zero-order valence-corrected chi connectivity index (χ0v) is 15.9. The number of rotatable bonds is 7. The maximum Gasteiger partial charge on any atom is 0.337 e. The van der Waals surface area contributed by atoms with Gasteiger partial charge in [0, 0.05) is 24.4 Å². The van der Waals surface area contributed by atoms with Gasteiger partial charge in [0.15, 0.2) is 0 Å². The summed E-state index contributed by atoms with van der Waals surface area (Å²) >= 11 is 0. The van der Waals surface area contributed by atoms with Crippen LogP contribution >= 0.6 is 0 Å². The molecule has 3 rings (SSSR count). The first-order chi connectivity index (χ1) is 14.1. The van der Waals surface area contributed by atoms with E-state index in [1.165, 1.54) is 18.5 Å². The second-order valence-corrected chi connectivity index (χ2v) is 6.57. The second kappa shape index (κ2) is 9.46. The van der Waals surface area contributed by atoms with Gasteiger partial charge in [-0.25, -0.2) is 9.59 Å². The van der Waals surface area contributed by atoms with Crippen molar-refractivity contribution >= 4 is 18.0 Å². The van der Waals surface area contributed by atoms with E-state index in [0.717, 1.165) is 11.1 Å². The van der Waals surface area contributed by atoms with Crippen LogP contribution in [0.2, 0.25) is 0 Å². The van der Waals surface area contributed by atoms with E-state index in [1.807, 2.05) is 67.6 Å². The van der Waals surface area contributed by atoms with Gasteiger partial charge in [-0.1, -0.05) is 67.6 Å². The Hall–Kier alpha value is -3.73. The van der Waals surface area contributed by atoms with Crippen LogP contribution in [0.5, 0.6) is 0 Å². The van der Waals surface area contributed by atoms with E-state index < -0.39 is 18.0 Å². The Morgan fingerprint density at radius 2 is 1.66 bits per heavy atom. The average molecular weight is 387 g/mol. The molecule has 0 amide bonds. The van der Waals surface area contributed by atoms with Gasteiger partial charge in [-0.15, -0.1) is 0 Å². The smallest absolute Gasteiger partial charge is 0.337 e. The largest absolute Gasteiger partial charge is 0.478 e. The number of aromatic nitrogens is 1. The topological polar surface area (TPSA) is 76.5 Å². The molecule has 0 fully saturated rings. The molecule has 1 heterocycles. The number of pyridine rings is 1. The van der Waals surface area contributed by atoms with Gasteiger partial charge in [0.1, 0.15) is 6.10 Å². The fourth-order valence-corrected chi connectivity index (χ4v) is 3.14. The lowest BCUT2D eigenvalue weighted by atomic mass is 9.88. The van der Waals surface area contributed by atoms with Crippen LogP contribution in [-0.4, -0.2) is 22.0 Å². The molecule has 0 aliphatic rings. The fourth-order valence-electron chi connectivity index (χ4n) is 3.14. The molecular formula is C24H21NO4. The number of aromatic carboxylic acids is 1. The molecular weight excluding hydrogens is 366 g/mol. The number of nitrogens with zero attached hydrogens (tertiary/aromatic N) is 1. The number of esters is 1. The molecule has 1 N–H and O–H groups in total. The van der Waals surface area contributed by atoms with Crippen LogP contribution in [0, 0.1) is 0 Å². The zero-order chi connectivity index (χ0) is 20.6. The van der Waals surface area contributed by atoms with Gasteiger partial charge in [0.25, 0.3) is 0 Å². The number of carboxylic acids is 1. The van der Waals surface area contributed by atoms with Crippen molar-refractivity contribution in [1.29, 1.82) is 0 Å². The predicted octanol–water partition coefficient (Wildman–Crippen LogP) is 4.88. The lowest BCUT2D eigenvalue weighted by molar-refractivity contribution is -0.144. The van der Waals surface area contributed by atoms with Gasteiger partial charge in [-0.05, 0) is 28.8 Å². The first kappa shape index (κ1) is 20.0. The molecule has 2 unspecified atom stereocenters. The highest BCUT2D eigenvalue weighted by molar-refractivity contribution is 5.89. The van der Waals surface area contributed by atoms with Crippen LogP contribution < -0.4 is 0 Å². The molecule has 2 aromatic carbocycles. The maximum atomic E-state index is 12.5. The van der Waals surface area contributed by atoms with E-state index in [0.29, 0.717) is 5.56 Å². The molecule has 3 aromatic rings. The summed E-state index contributed by atoms with van der Waals surface area (Å²) in [7, 11) is 0. The Bertz CT molecular complexity index is 1000. The second-order valence-electron chi connectivity index (χ2n) is 6.57. The maximum absolute atomic E-state index is 12.5. The van der Waals surface area contributed by atoms with E-state index in [4.69, 9.17) is 4.74 Å². The first-order valence-corrected chi connectivity index (χ1v) is 9.22. The molecule has 0 spiro atoms. The Labute approximate surface area is 169 Å².